The molecule has 2 saturated carbocycles. The van der Waals surface area contributed by atoms with Crippen molar-refractivity contribution < 1.29 is 19.4 Å². The zero-order valence-electron chi connectivity index (χ0n) is 24.3. The maximum absolute atomic E-state index is 12.9. The Hall–Kier alpha value is -1.42. The van der Waals surface area contributed by atoms with E-state index in [1.807, 2.05) is 0 Å². The minimum atomic E-state index is -0.458. The molecule has 1 N–H and O–H groups in total. The highest BCUT2D eigenvalue weighted by atomic mass is 16.5. The largest absolute Gasteiger partial charge is 0.462 e. The second-order valence-electron chi connectivity index (χ2n) is 14.1. The molecule has 8 atom stereocenters. The van der Waals surface area contributed by atoms with Gasteiger partial charge in [0.05, 0.1) is 6.10 Å². The van der Waals surface area contributed by atoms with Gasteiger partial charge < -0.3 is 9.84 Å². The number of carbonyl (C=O) groups is 2. The summed E-state index contributed by atoms with van der Waals surface area (Å²) in [4.78, 5) is 25.4. The average Bonchev–Trinajstić information content (AvgIpc) is 2.99. The maximum Gasteiger partial charge on any atom is 0.302 e. The summed E-state index contributed by atoms with van der Waals surface area (Å²) in [5.74, 6) is 1.12. The van der Waals surface area contributed by atoms with E-state index in [-0.39, 0.29) is 40.2 Å². The van der Waals surface area contributed by atoms with Crippen LogP contribution in [0.15, 0.2) is 22.8 Å². The van der Waals surface area contributed by atoms with Gasteiger partial charge in [-0.1, -0.05) is 64.3 Å². The number of hydrogen-bond donors (Lipinski definition) is 1. The number of aliphatic hydroxyl groups excluding tert-OH is 1. The zero-order valence-corrected chi connectivity index (χ0v) is 24.3. The number of hydrogen-bond acceptors (Lipinski definition) is 4. The third-order valence-corrected chi connectivity index (χ3v) is 11.9. The molecule has 202 valence electrons. The minimum absolute atomic E-state index is 0.0966. The summed E-state index contributed by atoms with van der Waals surface area (Å²) in [5.41, 5.74) is 2.95. The fraction of sp³-hybridized carbons (Fsp3) is 0.812. The van der Waals surface area contributed by atoms with Gasteiger partial charge in [0, 0.05) is 36.0 Å². The van der Waals surface area contributed by atoms with Crippen LogP contribution in [-0.4, -0.2) is 29.1 Å². The number of esters is 1. The fourth-order valence-electron chi connectivity index (χ4n) is 9.60. The maximum atomic E-state index is 12.9. The van der Waals surface area contributed by atoms with Gasteiger partial charge in [0.25, 0.3) is 0 Å². The monoisotopic (exact) mass is 498 g/mol. The smallest absolute Gasteiger partial charge is 0.302 e. The first-order chi connectivity index (χ1) is 16.6. The summed E-state index contributed by atoms with van der Waals surface area (Å²) in [6, 6.07) is 0. The third kappa shape index (κ3) is 3.79. The molecule has 0 heterocycles. The van der Waals surface area contributed by atoms with Crippen LogP contribution in [0.1, 0.15) is 114 Å². The molecular formula is C32H50O4. The summed E-state index contributed by atoms with van der Waals surface area (Å²) in [6.45, 7) is 19.4. The lowest BCUT2D eigenvalue weighted by Crippen LogP contribution is -2.60. The van der Waals surface area contributed by atoms with E-state index < -0.39 is 11.5 Å². The Morgan fingerprint density at radius 3 is 2.39 bits per heavy atom. The van der Waals surface area contributed by atoms with Crippen LogP contribution in [0.2, 0.25) is 0 Å². The molecule has 0 aromatic rings. The van der Waals surface area contributed by atoms with E-state index in [0.717, 1.165) is 44.9 Å². The van der Waals surface area contributed by atoms with Gasteiger partial charge in [0.2, 0.25) is 0 Å². The molecule has 4 nitrogen and oxygen atoms in total. The van der Waals surface area contributed by atoms with Crippen LogP contribution in [0.4, 0.5) is 0 Å². The van der Waals surface area contributed by atoms with Gasteiger partial charge in [0.15, 0.2) is 0 Å². The van der Waals surface area contributed by atoms with Crippen molar-refractivity contribution in [3.05, 3.63) is 22.8 Å². The Morgan fingerprint density at radius 2 is 1.78 bits per heavy atom. The summed E-state index contributed by atoms with van der Waals surface area (Å²) in [6.07, 6.45) is 8.58. The van der Waals surface area contributed by atoms with E-state index in [1.165, 1.54) is 23.6 Å². The number of aliphatic hydroxyl groups is 1. The van der Waals surface area contributed by atoms with Crippen LogP contribution < -0.4 is 0 Å². The molecular weight excluding hydrogens is 448 g/mol. The van der Waals surface area contributed by atoms with Gasteiger partial charge in [-0.25, -0.2) is 0 Å². The van der Waals surface area contributed by atoms with Crippen molar-refractivity contribution >= 4 is 11.8 Å². The molecule has 0 aromatic heterocycles. The van der Waals surface area contributed by atoms with Crippen LogP contribution in [0, 0.1) is 39.4 Å². The Bertz CT molecular complexity index is 984. The first-order valence-corrected chi connectivity index (χ1v) is 14.4. The van der Waals surface area contributed by atoms with Crippen LogP contribution in [-0.2, 0) is 14.3 Å². The number of rotatable bonds is 5. The Morgan fingerprint density at radius 1 is 1.11 bits per heavy atom. The predicted molar refractivity (Wildman–Crippen MR) is 144 cm³/mol. The molecule has 0 amide bonds. The number of ketones is 1. The second-order valence-corrected chi connectivity index (χ2v) is 14.1. The molecule has 0 aromatic carbocycles. The van der Waals surface area contributed by atoms with Gasteiger partial charge in [-0.05, 0) is 75.5 Å². The molecule has 4 rings (SSSR count). The average molecular weight is 499 g/mol. The van der Waals surface area contributed by atoms with Crippen molar-refractivity contribution in [3.63, 3.8) is 0 Å². The Labute approximate surface area is 219 Å². The van der Waals surface area contributed by atoms with E-state index in [4.69, 9.17) is 4.74 Å². The lowest BCUT2D eigenvalue weighted by atomic mass is 9.42. The zero-order chi connectivity index (χ0) is 26.8. The number of carbonyl (C=O) groups excluding carboxylic acids is 2. The van der Waals surface area contributed by atoms with Gasteiger partial charge in [-0.3, -0.25) is 9.59 Å². The highest BCUT2D eigenvalue weighted by Crippen LogP contribution is 2.72. The molecule has 4 aliphatic carbocycles. The molecule has 0 aliphatic heterocycles. The van der Waals surface area contributed by atoms with Gasteiger partial charge in [-0.2, -0.15) is 0 Å². The number of ether oxygens (including phenoxy) is 1. The van der Waals surface area contributed by atoms with E-state index in [2.05, 4.69) is 61.5 Å². The molecule has 36 heavy (non-hydrogen) atoms. The summed E-state index contributed by atoms with van der Waals surface area (Å²) >= 11 is 0. The SMILES string of the molecule is CC(=O)O[C@@H]1CC2=C(CC[C@H]3C(C)(C)C(=O)CC[C@]23C)[C@]2(C)[C@@H](O)C[C@H]([C@H](C)CCC=C(C)C)[C@@]12C. The molecule has 0 spiro atoms. The van der Waals surface area contributed by atoms with E-state index >= 15 is 0 Å². The number of fused-ring (bicyclic) bond motifs is 4. The van der Waals surface area contributed by atoms with Gasteiger partial charge in [0.1, 0.15) is 11.9 Å². The summed E-state index contributed by atoms with van der Waals surface area (Å²) in [7, 11) is 0. The molecule has 0 radical (unpaired) electrons. The van der Waals surface area contributed by atoms with Crippen LogP contribution in [0.5, 0.6) is 0 Å². The van der Waals surface area contributed by atoms with Crippen molar-refractivity contribution in [2.24, 2.45) is 39.4 Å². The van der Waals surface area contributed by atoms with Gasteiger partial charge >= 0.3 is 5.97 Å². The molecule has 0 saturated heterocycles. The highest BCUT2D eigenvalue weighted by Gasteiger charge is 2.70. The molecule has 4 aliphatic rings. The lowest BCUT2D eigenvalue weighted by molar-refractivity contribution is -0.170. The van der Waals surface area contributed by atoms with Crippen molar-refractivity contribution in [1.29, 1.82) is 0 Å². The topological polar surface area (TPSA) is 63.6 Å². The number of Topliss-reactive ketones (excluding diaryl/α,β-unsaturated/α-hetero) is 1. The molecule has 0 bridgehead atoms. The van der Waals surface area contributed by atoms with Crippen LogP contribution >= 0.6 is 0 Å². The Kier molecular flexibility index (Phi) is 6.98. The quantitative estimate of drug-likeness (QED) is 0.321. The molecule has 0 unspecified atom stereocenters. The second kappa shape index (κ2) is 9.10. The van der Waals surface area contributed by atoms with Crippen LogP contribution in [0.25, 0.3) is 0 Å². The van der Waals surface area contributed by atoms with Gasteiger partial charge in [-0.15, -0.1) is 0 Å². The van der Waals surface area contributed by atoms with Crippen molar-refractivity contribution in [1.82, 2.24) is 0 Å². The highest BCUT2D eigenvalue weighted by molar-refractivity contribution is 5.85. The lowest BCUT2D eigenvalue weighted by Gasteiger charge is -2.62. The molecule has 2 fully saturated rings. The van der Waals surface area contributed by atoms with Crippen molar-refractivity contribution in [3.8, 4) is 0 Å². The third-order valence-electron chi connectivity index (χ3n) is 11.9. The molecule has 4 heteroatoms. The standard InChI is InChI=1S/C32H50O4/c1-19(2)11-10-12-20(3)23-17-27(35)31(8)22-13-14-25-29(5,6)26(34)15-16-30(25,7)24(22)18-28(32(23,31)9)36-21(4)33/h11,20,23,25,27-28,35H,10,12-18H2,1-9H3/t20-,23-,25+,27+,28-,30-,31-,32+/m1/s1. The number of allylic oxidation sites excluding steroid dienone is 2. The van der Waals surface area contributed by atoms with E-state index in [0.29, 0.717) is 18.1 Å². The first-order valence-electron chi connectivity index (χ1n) is 14.4. The first kappa shape index (κ1) is 27.6. The predicted octanol–water partition coefficient (Wildman–Crippen LogP) is 7.20. The van der Waals surface area contributed by atoms with Crippen molar-refractivity contribution in [2.45, 2.75) is 126 Å². The Balaban J connectivity index is 1.82. The summed E-state index contributed by atoms with van der Waals surface area (Å²) < 4.78 is 6.23. The summed E-state index contributed by atoms with van der Waals surface area (Å²) in [5, 5.41) is 11.9. The van der Waals surface area contributed by atoms with E-state index in [9.17, 15) is 14.7 Å². The van der Waals surface area contributed by atoms with Crippen LogP contribution in [0.3, 0.4) is 0 Å². The minimum Gasteiger partial charge on any atom is -0.462 e. The van der Waals surface area contributed by atoms with Crippen molar-refractivity contribution in [2.75, 3.05) is 0 Å². The normalized spacial score (nSPS) is 42.2. The fourth-order valence-corrected chi connectivity index (χ4v) is 9.60. The van der Waals surface area contributed by atoms with E-state index in [1.54, 1.807) is 0 Å².